The summed E-state index contributed by atoms with van der Waals surface area (Å²) in [7, 11) is 3.12. The largest absolute Gasteiger partial charge is 0.497 e. The number of methoxy groups -OCH3 is 1. The molecule has 0 spiro atoms. The number of nitrogens with zero attached hydrogens (tertiary/aromatic N) is 2. The van der Waals surface area contributed by atoms with Crippen LogP contribution in [0.15, 0.2) is 72.1 Å². The zero-order valence-electron chi connectivity index (χ0n) is 18.1. The average Bonchev–Trinajstić information content (AvgIpc) is 3.25. The van der Waals surface area contributed by atoms with Crippen molar-refractivity contribution >= 4 is 17.3 Å². The molecule has 1 aliphatic rings. The molecule has 3 aromatic rings. The maximum Gasteiger partial charge on any atom is 0.170 e. The lowest BCUT2D eigenvalue weighted by Gasteiger charge is -2.17. The molecule has 0 fully saturated rings. The molecule has 0 N–H and O–H groups in total. The van der Waals surface area contributed by atoms with Gasteiger partial charge in [0, 0.05) is 35.5 Å². The van der Waals surface area contributed by atoms with Crippen molar-refractivity contribution in [1.82, 2.24) is 4.98 Å². The second-order valence-corrected chi connectivity index (χ2v) is 7.65. The summed E-state index contributed by atoms with van der Waals surface area (Å²) in [6, 6.07) is 16.2. The fourth-order valence-corrected chi connectivity index (χ4v) is 4.07. The van der Waals surface area contributed by atoms with Gasteiger partial charge in [-0.05, 0) is 60.4 Å². The summed E-state index contributed by atoms with van der Waals surface area (Å²) in [5.41, 5.74) is 4.96. The van der Waals surface area contributed by atoms with Gasteiger partial charge in [-0.1, -0.05) is 23.4 Å². The summed E-state index contributed by atoms with van der Waals surface area (Å²) in [6.07, 6.45) is 4.87. The van der Waals surface area contributed by atoms with Crippen molar-refractivity contribution in [3.05, 3.63) is 94.8 Å². The number of aryl methyl sites for hydroxylation is 1. The highest BCUT2D eigenvalue weighted by Gasteiger charge is 2.28. The van der Waals surface area contributed by atoms with E-state index in [0.29, 0.717) is 16.9 Å². The van der Waals surface area contributed by atoms with Crippen LogP contribution < -0.4 is 4.74 Å². The van der Waals surface area contributed by atoms with Crippen molar-refractivity contribution in [2.75, 3.05) is 14.2 Å². The molecule has 1 heterocycles. The Kier molecular flexibility index (Phi) is 6.40. The van der Waals surface area contributed by atoms with Gasteiger partial charge in [0.25, 0.3) is 0 Å². The first kappa shape index (κ1) is 21.4. The van der Waals surface area contributed by atoms with E-state index < -0.39 is 5.92 Å². The molecule has 0 saturated heterocycles. The number of rotatable bonds is 8. The van der Waals surface area contributed by atoms with Gasteiger partial charge >= 0.3 is 0 Å². The molecule has 1 aromatic heterocycles. The Hall–Kier alpha value is -3.80. The first-order chi connectivity index (χ1) is 15.6. The number of oxime groups is 1. The van der Waals surface area contributed by atoms with Gasteiger partial charge in [0.15, 0.2) is 11.6 Å². The molecule has 32 heavy (non-hydrogen) atoms. The van der Waals surface area contributed by atoms with E-state index in [-0.39, 0.29) is 18.0 Å². The maximum atomic E-state index is 13.4. The molecule has 0 bridgehead atoms. The molecule has 6 nitrogen and oxygen atoms in total. The number of fused-ring (bicyclic) bond motifs is 1. The van der Waals surface area contributed by atoms with E-state index in [0.717, 1.165) is 35.2 Å². The maximum absolute atomic E-state index is 13.4. The number of carbonyl (C=O) groups excluding carboxylic acids is 2. The Bertz CT molecular complexity index is 1150. The zero-order chi connectivity index (χ0) is 22.5. The topological polar surface area (TPSA) is 77.9 Å². The molecular formula is C26H24N2O4. The molecule has 0 radical (unpaired) electrons. The van der Waals surface area contributed by atoms with Crippen LogP contribution in [0.25, 0.3) is 0 Å². The summed E-state index contributed by atoms with van der Waals surface area (Å²) in [6.45, 7) is 0. The third-order valence-corrected chi connectivity index (χ3v) is 5.76. The van der Waals surface area contributed by atoms with Crippen molar-refractivity contribution in [3.8, 4) is 5.75 Å². The Balaban J connectivity index is 1.67. The van der Waals surface area contributed by atoms with Crippen LogP contribution in [0.3, 0.4) is 0 Å². The molecule has 2 aromatic carbocycles. The smallest absolute Gasteiger partial charge is 0.170 e. The lowest BCUT2D eigenvalue weighted by molar-refractivity contribution is 0.0893. The molecular weight excluding hydrogens is 404 g/mol. The summed E-state index contributed by atoms with van der Waals surface area (Å²) in [5.74, 6) is -0.112. The van der Waals surface area contributed by atoms with Crippen LogP contribution in [0, 0.1) is 0 Å². The van der Waals surface area contributed by atoms with E-state index in [1.54, 1.807) is 55.9 Å². The van der Waals surface area contributed by atoms with E-state index in [1.165, 1.54) is 7.11 Å². The van der Waals surface area contributed by atoms with Crippen LogP contribution >= 0.6 is 0 Å². The average molecular weight is 428 g/mol. The van der Waals surface area contributed by atoms with Crippen molar-refractivity contribution in [1.29, 1.82) is 0 Å². The predicted octanol–water partition coefficient (Wildman–Crippen LogP) is 4.63. The van der Waals surface area contributed by atoms with Gasteiger partial charge in [0.2, 0.25) is 0 Å². The fourth-order valence-electron chi connectivity index (χ4n) is 4.07. The van der Waals surface area contributed by atoms with Crippen LogP contribution in [-0.2, 0) is 11.3 Å². The van der Waals surface area contributed by atoms with Crippen LogP contribution in [0.1, 0.15) is 56.2 Å². The normalized spacial score (nSPS) is 14.6. The van der Waals surface area contributed by atoms with E-state index >= 15 is 0 Å². The highest BCUT2D eigenvalue weighted by molar-refractivity contribution is 6.07. The highest BCUT2D eigenvalue weighted by Crippen LogP contribution is 2.31. The van der Waals surface area contributed by atoms with Gasteiger partial charge in [0.1, 0.15) is 12.9 Å². The summed E-state index contributed by atoms with van der Waals surface area (Å²) >= 11 is 0. The Morgan fingerprint density at radius 2 is 1.72 bits per heavy atom. The Morgan fingerprint density at radius 3 is 2.41 bits per heavy atom. The Labute approximate surface area is 186 Å². The third kappa shape index (κ3) is 4.44. The highest BCUT2D eigenvalue weighted by atomic mass is 16.6. The lowest BCUT2D eigenvalue weighted by Crippen LogP contribution is -2.18. The quantitative estimate of drug-likeness (QED) is 0.386. The van der Waals surface area contributed by atoms with Crippen molar-refractivity contribution in [3.63, 3.8) is 0 Å². The standard InChI is InChI=1S/C26H24N2O4/c1-31-21-7-3-17(4-8-21)25(29)16-23(26(30)18-11-13-27-14-12-18)20-5-9-22-19(15-20)6-10-24(22)28-32-2/h3-5,7-9,11-15,23H,6,10,16H2,1-2H3. The number of Topliss-reactive ketones (excluding diaryl/α,β-unsaturated/α-hetero) is 2. The van der Waals surface area contributed by atoms with Gasteiger partial charge < -0.3 is 9.57 Å². The van der Waals surface area contributed by atoms with Crippen molar-refractivity contribution < 1.29 is 19.2 Å². The van der Waals surface area contributed by atoms with Crippen LogP contribution in [0.4, 0.5) is 0 Å². The van der Waals surface area contributed by atoms with E-state index in [9.17, 15) is 9.59 Å². The van der Waals surface area contributed by atoms with Gasteiger partial charge in [-0.3, -0.25) is 14.6 Å². The molecule has 6 heteroatoms. The molecule has 0 aliphatic heterocycles. The van der Waals surface area contributed by atoms with Crippen molar-refractivity contribution in [2.45, 2.75) is 25.2 Å². The summed E-state index contributed by atoms with van der Waals surface area (Å²) in [4.78, 5) is 35.5. The number of ether oxygens (including phenoxy) is 1. The molecule has 1 unspecified atom stereocenters. The SMILES string of the molecule is CON=C1CCc2cc(C(CC(=O)c3ccc(OC)cc3)C(=O)c3ccncc3)ccc21. The number of pyridine rings is 1. The number of aromatic nitrogens is 1. The lowest BCUT2D eigenvalue weighted by atomic mass is 9.84. The molecule has 0 saturated carbocycles. The molecule has 1 atom stereocenters. The second-order valence-electron chi connectivity index (χ2n) is 7.65. The number of hydrogen-bond acceptors (Lipinski definition) is 6. The van der Waals surface area contributed by atoms with E-state index in [4.69, 9.17) is 9.57 Å². The second kappa shape index (κ2) is 9.56. The zero-order valence-corrected chi connectivity index (χ0v) is 18.1. The number of ketones is 2. The monoisotopic (exact) mass is 428 g/mol. The van der Waals surface area contributed by atoms with Crippen molar-refractivity contribution in [2.24, 2.45) is 5.16 Å². The third-order valence-electron chi connectivity index (χ3n) is 5.76. The molecule has 4 rings (SSSR count). The van der Waals surface area contributed by atoms with E-state index in [1.807, 2.05) is 18.2 Å². The number of hydrogen-bond donors (Lipinski definition) is 0. The summed E-state index contributed by atoms with van der Waals surface area (Å²) in [5, 5.41) is 4.10. The Morgan fingerprint density at radius 1 is 0.969 bits per heavy atom. The van der Waals surface area contributed by atoms with E-state index in [2.05, 4.69) is 10.1 Å². The summed E-state index contributed by atoms with van der Waals surface area (Å²) < 4.78 is 5.17. The molecule has 1 aliphatic carbocycles. The number of carbonyl (C=O) groups is 2. The van der Waals surface area contributed by atoms with Gasteiger partial charge in [-0.15, -0.1) is 0 Å². The minimum absolute atomic E-state index is 0.0747. The first-order valence-corrected chi connectivity index (χ1v) is 10.5. The minimum atomic E-state index is -0.597. The number of benzene rings is 2. The molecule has 0 amide bonds. The fraction of sp³-hybridized carbons (Fsp3) is 0.231. The van der Waals surface area contributed by atoms with Crippen LogP contribution in [0.5, 0.6) is 5.75 Å². The van der Waals surface area contributed by atoms with Crippen LogP contribution in [0.2, 0.25) is 0 Å². The predicted molar refractivity (Wildman–Crippen MR) is 122 cm³/mol. The van der Waals surface area contributed by atoms with Crippen LogP contribution in [-0.4, -0.2) is 36.5 Å². The van der Waals surface area contributed by atoms with Gasteiger partial charge in [-0.25, -0.2) is 0 Å². The minimum Gasteiger partial charge on any atom is -0.497 e. The molecule has 162 valence electrons. The van der Waals surface area contributed by atoms with Gasteiger partial charge in [0.05, 0.1) is 18.7 Å². The van der Waals surface area contributed by atoms with Gasteiger partial charge in [-0.2, -0.15) is 0 Å². The first-order valence-electron chi connectivity index (χ1n) is 10.5.